The Kier molecular flexibility index (Phi) is 7.82. The zero-order valence-electron chi connectivity index (χ0n) is 20.7. The van der Waals surface area contributed by atoms with Crippen LogP contribution < -0.4 is 20.3 Å². The second-order valence-corrected chi connectivity index (χ2v) is 9.43. The van der Waals surface area contributed by atoms with Crippen molar-refractivity contribution in [3.05, 3.63) is 87.7 Å². The number of carbonyl (C=O) groups is 3. The average Bonchev–Trinajstić information content (AvgIpc) is 2.87. The van der Waals surface area contributed by atoms with Gasteiger partial charge in [-0.25, -0.2) is 4.39 Å². The molecular formula is C27H22ClF4N3O4. The van der Waals surface area contributed by atoms with Crippen LogP contribution in [0.15, 0.2) is 54.6 Å². The molecular weight excluding hydrogens is 542 g/mol. The normalized spacial score (nSPS) is 13.1. The van der Waals surface area contributed by atoms with Crippen LogP contribution in [0.5, 0.6) is 5.75 Å². The standard InChI is InChI=1S/C27H22ClF4N3O4/c1-14(2)24(36)33-12-15-3-7-21(28)18(9-15)25(37)34-16-4-8-23-19(10-16)26(38)35(13-39-23)17-5-6-20(22(29)11-17)27(30,31)32/h3-11,14H,12-13H2,1-2H3,(H,33,36)(H,34,37). The molecule has 0 spiro atoms. The number of halogens is 5. The minimum absolute atomic E-state index is 0.00982. The van der Waals surface area contributed by atoms with Crippen molar-refractivity contribution in [3.63, 3.8) is 0 Å². The largest absolute Gasteiger partial charge is 0.472 e. The zero-order valence-corrected chi connectivity index (χ0v) is 21.4. The number of alkyl halides is 3. The van der Waals surface area contributed by atoms with Crippen molar-refractivity contribution in [2.24, 2.45) is 5.92 Å². The van der Waals surface area contributed by atoms with E-state index in [2.05, 4.69) is 10.6 Å². The summed E-state index contributed by atoms with van der Waals surface area (Å²) in [5.74, 6) is -2.93. The molecule has 4 rings (SSSR count). The Morgan fingerprint density at radius 1 is 1.08 bits per heavy atom. The highest BCUT2D eigenvalue weighted by Crippen LogP contribution is 2.35. The molecule has 1 aliphatic rings. The van der Waals surface area contributed by atoms with Gasteiger partial charge < -0.3 is 15.4 Å². The van der Waals surface area contributed by atoms with Crippen LogP contribution in [0, 0.1) is 11.7 Å². The lowest BCUT2D eigenvalue weighted by molar-refractivity contribution is -0.140. The summed E-state index contributed by atoms with van der Waals surface area (Å²) in [6.07, 6.45) is -4.88. The van der Waals surface area contributed by atoms with Gasteiger partial charge in [0.05, 0.1) is 27.4 Å². The van der Waals surface area contributed by atoms with Crippen molar-refractivity contribution in [3.8, 4) is 5.75 Å². The number of amides is 3. The maximum Gasteiger partial charge on any atom is 0.419 e. The van der Waals surface area contributed by atoms with Crippen molar-refractivity contribution >= 4 is 40.7 Å². The average molecular weight is 564 g/mol. The third kappa shape index (κ3) is 6.14. The van der Waals surface area contributed by atoms with E-state index in [4.69, 9.17) is 16.3 Å². The molecule has 2 N–H and O–H groups in total. The van der Waals surface area contributed by atoms with Gasteiger partial charge in [0, 0.05) is 18.2 Å². The fourth-order valence-corrected chi connectivity index (χ4v) is 3.98. The van der Waals surface area contributed by atoms with E-state index < -0.39 is 29.4 Å². The van der Waals surface area contributed by atoms with Crippen LogP contribution in [0.1, 0.15) is 45.7 Å². The minimum Gasteiger partial charge on any atom is -0.472 e. The Hall–Kier alpha value is -4.12. The summed E-state index contributed by atoms with van der Waals surface area (Å²) in [5, 5.41) is 5.57. The van der Waals surface area contributed by atoms with Gasteiger partial charge in [0.15, 0.2) is 6.73 Å². The third-order valence-electron chi connectivity index (χ3n) is 5.90. The third-order valence-corrected chi connectivity index (χ3v) is 6.23. The van der Waals surface area contributed by atoms with E-state index in [1.54, 1.807) is 19.9 Å². The first-order chi connectivity index (χ1) is 18.3. The molecule has 0 aliphatic carbocycles. The van der Waals surface area contributed by atoms with Crippen molar-refractivity contribution in [2.75, 3.05) is 16.9 Å². The van der Waals surface area contributed by atoms with Crippen LogP contribution in [0.25, 0.3) is 0 Å². The molecule has 3 amide bonds. The van der Waals surface area contributed by atoms with Gasteiger partial charge in [-0.3, -0.25) is 19.3 Å². The quantitative estimate of drug-likeness (QED) is 0.359. The van der Waals surface area contributed by atoms with Gasteiger partial charge in [0.1, 0.15) is 11.6 Å². The highest BCUT2D eigenvalue weighted by atomic mass is 35.5. The van der Waals surface area contributed by atoms with Gasteiger partial charge in [-0.05, 0) is 54.1 Å². The second kappa shape index (κ2) is 10.9. The first kappa shape index (κ1) is 27.9. The van der Waals surface area contributed by atoms with E-state index in [0.717, 1.165) is 11.0 Å². The van der Waals surface area contributed by atoms with Gasteiger partial charge >= 0.3 is 6.18 Å². The van der Waals surface area contributed by atoms with Crippen LogP contribution in [-0.4, -0.2) is 24.5 Å². The maximum atomic E-state index is 14.1. The molecule has 1 heterocycles. The van der Waals surface area contributed by atoms with Crippen molar-refractivity contribution in [2.45, 2.75) is 26.6 Å². The van der Waals surface area contributed by atoms with Gasteiger partial charge in [0.2, 0.25) is 5.91 Å². The number of rotatable bonds is 6. The number of hydrogen-bond acceptors (Lipinski definition) is 4. The number of anilines is 2. The molecule has 0 atom stereocenters. The van der Waals surface area contributed by atoms with E-state index in [-0.39, 0.29) is 58.4 Å². The van der Waals surface area contributed by atoms with E-state index >= 15 is 0 Å². The number of hydrogen-bond donors (Lipinski definition) is 2. The fourth-order valence-electron chi connectivity index (χ4n) is 3.78. The lowest BCUT2D eigenvalue weighted by atomic mass is 10.1. The first-order valence-corrected chi connectivity index (χ1v) is 12.1. The van der Waals surface area contributed by atoms with E-state index in [1.807, 2.05) is 0 Å². The summed E-state index contributed by atoms with van der Waals surface area (Å²) in [4.78, 5) is 38.9. The molecule has 3 aromatic carbocycles. The molecule has 0 fully saturated rings. The second-order valence-electron chi connectivity index (χ2n) is 9.02. The Morgan fingerprint density at radius 3 is 2.49 bits per heavy atom. The van der Waals surface area contributed by atoms with E-state index in [1.165, 1.54) is 30.3 Å². The molecule has 0 saturated heterocycles. The van der Waals surface area contributed by atoms with Gasteiger partial charge in [-0.2, -0.15) is 13.2 Å². The number of fused-ring (bicyclic) bond motifs is 1. The molecule has 0 radical (unpaired) electrons. The van der Waals surface area contributed by atoms with Crippen molar-refractivity contribution in [1.82, 2.24) is 5.32 Å². The topological polar surface area (TPSA) is 87.7 Å². The molecule has 0 bridgehead atoms. The Bertz CT molecular complexity index is 1460. The maximum absolute atomic E-state index is 14.1. The highest BCUT2D eigenvalue weighted by Gasteiger charge is 2.35. The molecule has 1 aliphatic heterocycles. The number of ether oxygens (including phenoxy) is 1. The SMILES string of the molecule is CC(C)C(=O)NCc1ccc(Cl)c(C(=O)Nc2ccc3c(c2)C(=O)N(c2ccc(C(F)(F)F)c(F)c2)CO3)c1. The summed E-state index contributed by atoms with van der Waals surface area (Å²) in [7, 11) is 0. The Balaban J connectivity index is 1.53. The summed E-state index contributed by atoms with van der Waals surface area (Å²) in [6, 6.07) is 11.2. The fraction of sp³-hybridized carbons (Fsp3) is 0.222. The summed E-state index contributed by atoms with van der Waals surface area (Å²) in [5.41, 5.74) is -0.575. The van der Waals surface area contributed by atoms with Crippen molar-refractivity contribution < 1.29 is 36.7 Å². The predicted octanol–water partition coefficient (Wildman–Crippen LogP) is 6.02. The molecule has 7 nitrogen and oxygen atoms in total. The molecule has 3 aromatic rings. The van der Waals surface area contributed by atoms with Crippen LogP contribution in [0.2, 0.25) is 5.02 Å². The molecule has 0 saturated carbocycles. The van der Waals surface area contributed by atoms with E-state index in [0.29, 0.717) is 17.7 Å². The lowest BCUT2D eigenvalue weighted by Crippen LogP contribution is -2.38. The van der Waals surface area contributed by atoms with Crippen LogP contribution in [-0.2, 0) is 17.5 Å². The summed E-state index contributed by atoms with van der Waals surface area (Å²) in [6.45, 7) is 3.36. The number of nitrogens with zero attached hydrogens (tertiary/aromatic N) is 1. The smallest absolute Gasteiger partial charge is 0.419 e. The molecule has 12 heteroatoms. The lowest BCUT2D eigenvalue weighted by Gasteiger charge is -2.29. The van der Waals surface area contributed by atoms with Gasteiger partial charge in [-0.1, -0.05) is 31.5 Å². The number of benzene rings is 3. The zero-order chi connectivity index (χ0) is 28.5. The van der Waals surface area contributed by atoms with Crippen LogP contribution in [0.3, 0.4) is 0 Å². The van der Waals surface area contributed by atoms with Crippen molar-refractivity contribution in [1.29, 1.82) is 0 Å². The van der Waals surface area contributed by atoms with Gasteiger partial charge in [-0.15, -0.1) is 0 Å². The Morgan fingerprint density at radius 2 is 1.82 bits per heavy atom. The predicted molar refractivity (Wildman–Crippen MR) is 136 cm³/mol. The molecule has 204 valence electrons. The monoisotopic (exact) mass is 563 g/mol. The minimum atomic E-state index is -4.88. The Labute approximate surface area is 225 Å². The highest BCUT2D eigenvalue weighted by molar-refractivity contribution is 6.34. The molecule has 0 aromatic heterocycles. The number of carbonyl (C=O) groups excluding carboxylic acids is 3. The van der Waals surface area contributed by atoms with Crippen LogP contribution in [0.4, 0.5) is 28.9 Å². The van der Waals surface area contributed by atoms with Crippen LogP contribution >= 0.6 is 11.6 Å². The summed E-state index contributed by atoms with van der Waals surface area (Å²) >= 11 is 6.22. The molecule has 0 unspecified atom stereocenters. The van der Waals surface area contributed by atoms with E-state index in [9.17, 15) is 31.9 Å². The van der Waals surface area contributed by atoms with Gasteiger partial charge in [0.25, 0.3) is 11.8 Å². The molecule has 39 heavy (non-hydrogen) atoms. The first-order valence-electron chi connectivity index (χ1n) is 11.7. The summed E-state index contributed by atoms with van der Waals surface area (Å²) < 4.78 is 58.4. The number of nitrogens with one attached hydrogen (secondary N) is 2.